The Balaban J connectivity index is 2.00. The van der Waals surface area contributed by atoms with Crippen molar-refractivity contribution in [1.29, 1.82) is 0 Å². The Labute approximate surface area is 135 Å². The summed E-state index contributed by atoms with van der Waals surface area (Å²) in [6.07, 6.45) is 0. The van der Waals surface area contributed by atoms with E-state index in [1.54, 1.807) is 18.2 Å². The normalized spacial score (nSPS) is 10.7. The molecule has 0 aromatic heterocycles. The van der Waals surface area contributed by atoms with Gasteiger partial charge in [-0.3, -0.25) is 0 Å². The van der Waals surface area contributed by atoms with Crippen LogP contribution in [0.4, 0.5) is 4.39 Å². The smallest absolute Gasteiger partial charge is 0.172 e. The average Bonchev–Trinajstić information content (AvgIpc) is 2.46. The lowest BCUT2D eigenvalue weighted by molar-refractivity contribution is 0.371. The molecule has 0 radical (unpaired) electrons. The third-order valence-corrected chi connectivity index (χ3v) is 3.84. The quantitative estimate of drug-likeness (QED) is 0.822. The highest BCUT2D eigenvalue weighted by molar-refractivity contribution is 9.10. The molecule has 0 saturated heterocycles. The Hall–Kier alpha value is -1.30. The van der Waals surface area contributed by atoms with Gasteiger partial charge < -0.3 is 15.2 Å². The first kappa shape index (κ1) is 16.1. The summed E-state index contributed by atoms with van der Waals surface area (Å²) in [6.45, 7) is 1.13. The second-order valence-corrected chi connectivity index (χ2v) is 5.74. The van der Waals surface area contributed by atoms with Gasteiger partial charge in [0.1, 0.15) is 5.82 Å². The predicted molar refractivity (Wildman–Crippen MR) is 84.3 cm³/mol. The zero-order valence-electron chi connectivity index (χ0n) is 11.3. The summed E-state index contributed by atoms with van der Waals surface area (Å²) >= 11 is 9.01. The van der Waals surface area contributed by atoms with E-state index < -0.39 is 5.82 Å². The third-order valence-electron chi connectivity index (χ3n) is 2.95. The van der Waals surface area contributed by atoms with E-state index in [1.165, 1.54) is 13.2 Å². The molecule has 0 aliphatic carbocycles. The van der Waals surface area contributed by atoms with Gasteiger partial charge in [0.2, 0.25) is 0 Å². The Morgan fingerprint density at radius 1 is 1.24 bits per heavy atom. The highest BCUT2D eigenvalue weighted by atomic mass is 79.9. The minimum Gasteiger partial charge on any atom is -0.503 e. The maximum atomic E-state index is 13.1. The van der Waals surface area contributed by atoms with Gasteiger partial charge in [-0.05, 0) is 51.3 Å². The Kier molecular flexibility index (Phi) is 5.45. The van der Waals surface area contributed by atoms with Crippen LogP contribution < -0.4 is 10.1 Å². The second kappa shape index (κ2) is 7.11. The summed E-state index contributed by atoms with van der Waals surface area (Å²) in [5.41, 5.74) is 1.84. The molecule has 0 heterocycles. The molecular weight excluding hydrogens is 361 g/mol. The first-order valence-electron chi connectivity index (χ1n) is 6.21. The molecule has 2 aromatic rings. The summed E-state index contributed by atoms with van der Waals surface area (Å²) < 4.78 is 18.7. The lowest BCUT2D eigenvalue weighted by atomic mass is 10.2. The molecule has 0 saturated carbocycles. The minimum atomic E-state index is -0.424. The number of phenolic OH excluding ortho intramolecular Hbond substituents is 1. The average molecular weight is 375 g/mol. The van der Waals surface area contributed by atoms with E-state index in [0.717, 1.165) is 11.1 Å². The predicted octanol–water partition coefficient (Wildman–Crippen LogP) is 4.25. The van der Waals surface area contributed by atoms with Crippen molar-refractivity contribution in [2.24, 2.45) is 0 Å². The van der Waals surface area contributed by atoms with Crippen molar-refractivity contribution in [3.63, 3.8) is 0 Å². The van der Waals surface area contributed by atoms with Gasteiger partial charge in [0, 0.05) is 13.1 Å². The molecule has 0 fully saturated rings. The summed E-state index contributed by atoms with van der Waals surface area (Å²) in [5, 5.41) is 13.1. The fourth-order valence-corrected chi connectivity index (χ4v) is 2.58. The van der Waals surface area contributed by atoms with Crippen LogP contribution in [0.1, 0.15) is 11.1 Å². The van der Waals surface area contributed by atoms with Crippen molar-refractivity contribution in [1.82, 2.24) is 5.32 Å². The zero-order chi connectivity index (χ0) is 15.4. The molecule has 6 heteroatoms. The van der Waals surface area contributed by atoms with Crippen molar-refractivity contribution in [3.05, 3.63) is 56.8 Å². The van der Waals surface area contributed by atoms with E-state index >= 15 is 0 Å². The first-order chi connectivity index (χ1) is 10.0. The van der Waals surface area contributed by atoms with Gasteiger partial charge in [-0.2, -0.15) is 0 Å². The molecule has 0 spiro atoms. The molecule has 0 aliphatic heterocycles. The van der Waals surface area contributed by atoms with E-state index in [0.29, 0.717) is 23.3 Å². The van der Waals surface area contributed by atoms with Crippen molar-refractivity contribution in [2.45, 2.75) is 13.1 Å². The van der Waals surface area contributed by atoms with Crippen LogP contribution in [0.2, 0.25) is 5.02 Å². The maximum absolute atomic E-state index is 13.1. The van der Waals surface area contributed by atoms with Gasteiger partial charge in [0.25, 0.3) is 0 Å². The van der Waals surface area contributed by atoms with Crippen LogP contribution in [0, 0.1) is 5.82 Å². The summed E-state index contributed by atoms with van der Waals surface area (Å²) in [6, 6.07) is 8.19. The SMILES string of the molecule is COc1cc(CNCc2ccc(F)c(Cl)c2)cc(Br)c1O. The largest absolute Gasteiger partial charge is 0.503 e. The molecule has 3 nitrogen and oxygen atoms in total. The number of hydrogen-bond donors (Lipinski definition) is 2. The summed E-state index contributed by atoms with van der Waals surface area (Å²) in [4.78, 5) is 0. The molecule has 2 rings (SSSR count). The zero-order valence-corrected chi connectivity index (χ0v) is 13.6. The van der Waals surface area contributed by atoms with Gasteiger partial charge in [-0.15, -0.1) is 0 Å². The van der Waals surface area contributed by atoms with Crippen LogP contribution in [0.25, 0.3) is 0 Å². The monoisotopic (exact) mass is 373 g/mol. The number of nitrogens with one attached hydrogen (secondary N) is 1. The number of ether oxygens (including phenoxy) is 1. The van der Waals surface area contributed by atoms with E-state index in [4.69, 9.17) is 16.3 Å². The number of benzene rings is 2. The second-order valence-electron chi connectivity index (χ2n) is 4.48. The van der Waals surface area contributed by atoms with Crippen LogP contribution >= 0.6 is 27.5 Å². The molecule has 0 aliphatic rings. The van der Waals surface area contributed by atoms with E-state index in [9.17, 15) is 9.50 Å². The third kappa shape index (κ3) is 4.09. The number of aromatic hydroxyl groups is 1. The highest BCUT2D eigenvalue weighted by Crippen LogP contribution is 2.35. The Morgan fingerprint density at radius 2 is 1.95 bits per heavy atom. The number of rotatable bonds is 5. The van der Waals surface area contributed by atoms with Gasteiger partial charge >= 0.3 is 0 Å². The van der Waals surface area contributed by atoms with E-state index in [-0.39, 0.29) is 10.8 Å². The van der Waals surface area contributed by atoms with Gasteiger partial charge in [-0.25, -0.2) is 4.39 Å². The number of hydrogen-bond acceptors (Lipinski definition) is 3. The molecule has 112 valence electrons. The van der Waals surface area contributed by atoms with Crippen LogP contribution in [0.15, 0.2) is 34.8 Å². The highest BCUT2D eigenvalue weighted by Gasteiger charge is 2.08. The topological polar surface area (TPSA) is 41.5 Å². The van der Waals surface area contributed by atoms with E-state index in [2.05, 4.69) is 21.2 Å². The molecule has 0 amide bonds. The van der Waals surface area contributed by atoms with Crippen molar-refractivity contribution < 1.29 is 14.2 Å². The number of phenols is 1. The molecule has 21 heavy (non-hydrogen) atoms. The van der Waals surface area contributed by atoms with Crippen molar-refractivity contribution in [3.8, 4) is 11.5 Å². The first-order valence-corrected chi connectivity index (χ1v) is 7.38. The van der Waals surface area contributed by atoms with E-state index in [1.807, 2.05) is 6.07 Å². The van der Waals surface area contributed by atoms with Gasteiger partial charge in [0.15, 0.2) is 11.5 Å². The van der Waals surface area contributed by atoms with Crippen LogP contribution in [0.3, 0.4) is 0 Å². The van der Waals surface area contributed by atoms with Gasteiger partial charge in [0.05, 0.1) is 16.6 Å². The molecule has 0 bridgehead atoms. The Bertz CT molecular complexity index is 652. The lowest BCUT2D eigenvalue weighted by Crippen LogP contribution is -2.12. The lowest BCUT2D eigenvalue weighted by Gasteiger charge is -2.10. The summed E-state index contributed by atoms with van der Waals surface area (Å²) in [7, 11) is 1.50. The molecular formula is C15H14BrClFNO2. The molecule has 2 N–H and O–H groups in total. The number of methoxy groups -OCH3 is 1. The number of halogens is 3. The van der Waals surface area contributed by atoms with Gasteiger partial charge in [-0.1, -0.05) is 17.7 Å². The summed E-state index contributed by atoms with van der Waals surface area (Å²) in [5.74, 6) is 0.0604. The van der Waals surface area contributed by atoms with Crippen LogP contribution in [-0.2, 0) is 13.1 Å². The minimum absolute atomic E-state index is 0.0755. The van der Waals surface area contributed by atoms with Crippen LogP contribution in [0.5, 0.6) is 11.5 Å². The molecule has 0 unspecified atom stereocenters. The molecule has 0 atom stereocenters. The van der Waals surface area contributed by atoms with Crippen LogP contribution in [-0.4, -0.2) is 12.2 Å². The fourth-order valence-electron chi connectivity index (χ4n) is 1.89. The fraction of sp³-hybridized carbons (Fsp3) is 0.200. The molecule has 2 aromatic carbocycles. The Morgan fingerprint density at radius 3 is 2.62 bits per heavy atom. The maximum Gasteiger partial charge on any atom is 0.172 e. The van der Waals surface area contributed by atoms with Crippen molar-refractivity contribution in [2.75, 3.05) is 7.11 Å². The van der Waals surface area contributed by atoms with Crippen molar-refractivity contribution >= 4 is 27.5 Å². The standard InChI is InChI=1S/C15H14BrClFNO2/c1-21-14-6-10(4-11(16)15(14)20)8-19-7-9-2-3-13(18)12(17)5-9/h2-6,19-20H,7-8H2,1H3.